The highest BCUT2D eigenvalue weighted by Crippen LogP contribution is 2.26. The molecule has 2 heterocycles. The topological polar surface area (TPSA) is 137 Å². The highest BCUT2D eigenvalue weighted by Gasteiger charge is 2.43. The smallest absolute Gasteiger partial charge is 0.325 e. The summed E-state index contributed by atoms with van der Waals surface area (Å²) in [5.74, 6) is -1.45. The summed E-state index contributed by atoms with van der Waals surface area (Å²) in [5.41, 5.74) is -0.356. The van der Waals surface area contributed by atoms with Crippen molar-refractivity contribution in [1.82, 2.24) is 20.9 Å². The van der Waals surface area contributed by atoms with Crippen molar-refractivity contribution in [3.63, 3.8) is 0 Å². The van der Waals surface area contributed by atoms with Gasteiger partial charge in [-0.05, 0) is 24.6 Å². The Bertz CT molecular complexity index is 807. The van der Waals surface area contributed by atoms with E-state index in [9.17, 15) is 24.0 Å². The number of carbonyl (C=O) groups excluding carboxylic acids is 5. The summed E-state index contributed by atoms with van der Waals surface area (Å²) >= 11 is 0. The van der Waals surface area contributed by atoms with Crippen LogP contribution >= 0.6 is 0 Å². The van der Waals surface area contributed by atoms with Crippen LogP contribution in [0, 0.1) is 0 Å². The zero-order chi connectivity index (χ0) is 18.2. The summed E-state index contributed by atoms with van der Waals surface area (Å²) in [5, 5.41) is 9.37. The lowest BCUT2D eigenvalue weighted by atomic mass is 9.92. The largest absolute Gasteiger partial charge is 0.325 e. The quantitative estimate of drug-likeness (QED) is 0.531. The minimum absolute atomic E-state index is 0.170. The van der Waals surface area contributed by atoms with Crippen molar-refractivity contribution in [1.29, 1.82) is 0 Å². The maximum absolute atomic E-state index is 12.1. The fraction of sp³-hybridized carbons (Fsp3) is 0.267. The Morgan fingerprint density at radius 1 is 1.24 bits per heavy atom. The number of urea groups is 2. The lowest BCUT2D eigenvalue weighted by Gasteiger charge is -2.22. The molecule has 25 heavy (non-hydrogen) atoms. The molecule has 0 spiro atoms. The van der Waals surface area contributed by atoms with Gasteiger partial charge in [0.2, 0.25) is 11.8 Å². The van der Waals surface area contributed by atoms with Gasteiger partial charge in [-0.3, -0.25) is 25.0 Å². The molecule has 1 aromatic carbocycles. The third kappa shape index (κ3) is 3.13. The van der Waals surface area contributed by atoms with Crippen molar-refractivity contribution in [3.05, 3.63) is 29.8 Å². The van der Waals surface area contributed by atoms with Crippen LogP contribution in [-0.2, 0) is 19.9 Å². The molecule has 130 valence electrons. The second kappa shape index (κ2) is 5.89. The number of hydrogen-bond donors (Lipinski definition) is 4. The monoisotopic (exact) mass is 345 g/mol. The van der Waals surface area contributed by atoms with E-state index in [0.717, 1.165) is 4.90 Å². The molecule has 2 aliphatic heterocycles. The maximum Gasteiger partial charge on any atom is 0.325 e. The van der Waals surface area contributed by atoms with Gasteiger partial charge in [0.05, 0.1) is 0 Å². The first-order chi connectivity index (χ1) is 11.8. The van der Waals surface area contributed by atoms with Crippen molar-refractivity contribution in [2.45, 2.75) is 12.5 Å². The summed E-state index contributed by atoms with van der Waals surface area (Å²) < 4.78 is 0. The van der Waals surface area contributed by atoms with E-state index in [1.165, 1.54) is 0 Å². The zero-order valence-corrected chi connectivity index (χ0v) is 13.2. The Labute approximate surface area is 141 Å². The van der Waals surface area contributed by atoms with Crippen molar-refractivity contribution < 1.29 is 24.0 Å². The molecule has 1 unspecified atom stereocenters. The van der Waals surface area contributed by atoms with Gasteiger partial charge in [0, 0.05) is 5.69 Å². The van der Waals surface area contributed by atoms with E-state index in [4.69, 9.17) is 0 Å². The molecule has 4 N–H and O–H groups in total. The number of rotatable bonds is 4. The number of hydrogen-bond acceptors (Lipinski definition) is 5. The molecule has 0 aliphatic carbocycles. The second-order valence-corrected chi connectivity index (χ2v) is 5.87. The third-order valence-corrected chi connectivity index (χ3v) is 3.97. The fourth-order valence-corrected chi connectivity index (χ4v) is 2.64. The lowest BCUT2D eigenvalue weighted by molar-refractivity contribution is -0.123. The van der Waals surface area contributed by atoms with Crippen LogP contribution in [0.4, 0.5) is 15.3 Å². The number of anilines is 1. The van der Waals surface area contributed by atoms with Crippen molar-refractivity contribution in [2.75, 3.05) is 18.4 Å². The van der Waals surface area contributed by atoms with E-state index in [1.54, 1.807) is 31.2 Å². The lowest BCUT2D eigenvalue weighted by Crippen LogP contribution is -2.40. The van der Waals surface area contributed by atoms with Crippen LogP contribution in [-0.4, -0.2) is 47.8 Å². The van der Waals surface area contributed by atoms with Crippen LogP contribution in [0.5, 0.6) is 0 Å². The maximum atomic E-state index is 12.1. The van der Waals surface area contributed by atoms with Gasteiger partial charge in [0.1, 0.15) is 18.6 Å². The van der Waals surface area contributed by atoms with E-state index < -0.39 is 35.3 Å². The highest BCUT2D eigenvalue weighted by atomic mass is 16.2. The first-order valence-corrected chi connectivity index (χ1v) is 7.41. The summed E-state index contributed by atoms with van der Waals surface area (Å²) in [7, 11) is 0. The molecule has 1 atom stereocenters. The third-order valence-electron chi connectivity index (χ3n) is 3.97. The molecule has 2 aliphatic rings. The number of nitrogens with one attached hydrogen (secondary N) is 4. The molecule has 10 heteroatoms. The SMILES string of the molecule is CC1(c2cccc(NC(=O)CN3CC(=O)NC3=O)c2)NC(=O)NC1=O. The predicted octanol–water partition coefficient (Wildman–Crippen LogP) is -0.768. The van der Waals surface area contributed by atoms with Gasteiger partial charge in [-0.2, -0.15) is 0 Å². The van der Waals surface area contributed by atoms with E-state index in [1.807, 2.05) is 0 Å². The van der Waals surface area contributed by atoms with E-state index in [-0.39, 0.29) is 13.1 Å². The Morgan fingerprint density at radius 3 is 2.60 bits per heavy atom. The summed E-state index contributed by atoms with van der Waals surface area (Å²) in [6.45, 7) is 1.10. The van der Waals surface area contributed by atoms with E-state index in [0.29, 0.717) is 11.3 Å². The Kier molecular flexibility index (Phi) is 3.87. The van der Waals surface area contributed by atoms with Crippen LogP contribution < -0.4 is 21.3 Å². The van der Waals surface area contributed by atoms with Gasteiger partial charge in [0.25, 0.3) is 5.91 Å². The standard InChI is InChI=1S/C15H15N5O5/c1-15(12(23)18-13(24)19-15)8-3-2-4-9(5-8)16-10(21)6-20-7-11(22)17-14(20)25/h2-5H,6-7H2,1H3,(H,16,21)(H,17,22,25)(H2,18,19,23,24). The van der Waals surface area contributed by atoms with Crippen LogP contribution in [0.2, 0.25) is 0 Å². The highest BCUT2D eigenvalue weighted by molar-refractivity contribution is 6.07. The summed E-state index contributed by atoms with van der Waals surface area (Å²) in [6.07, 6.45) is 0. The molecule has 3 rings (SSSR count). The Balaban J connectivity index is 1.71. The first kappa shape index (κ1) is 16.4. The minimum atomic E-state index is -1.24. The van der Waals surface area contributed by atoms with E-state index >= 15 is 0 Å². The number of amides is 7. The molecular weight excluding hydrogens is 330 g/mol. The Morgan fingerprint density at radius 2 is 2.00 bits per heavy atom. The summed E-state index contributed by atoms with van der Waals surface area (Å²) in [4.78, 5) is 59.0. The van der Waals surface area contributed by atoms with Crippen LogP contribution in [0.15, 0.2) is 24.3 Å². The number of benzene rings is 1. The second-order valence-electron chi connectivity index (χ2n) is 5.87. The molecule has 2 fully saturated rings. The van der Waals surface area contributed by atoms with Gasteiger partial charge in [-0.15, -0.1) is 0 Å². The van der Waals surface area contributed by atoms with Gasteiger partial charge in [0.15, 0.2) is 0 Å². The number of carbonyl (C=O) groups is 5. The molecule has 2 saturated heterocycles. The summed E-state index contributed by atoms with van der Waals surface area (Å²) in [6, 6.07) is 5.22. The number of imide groups is 2. The normalized spacial score (nSPS) is 22.5. The Hall–Kier alpha value is -3.43. The van der Waals surface area contributed by atoms with Crippen molar-refractivity contribution in [3.8, 4) is 0 Å². The van der Waals surface area contributed by atoms with Gasteiger partial charge in [-0.25, -0.2) is 9.59 Å². The van der Waals surface area contributed by atoms with E-state index in [2.05, 4.69) is 21.3 Å². The minimum Gasteiger partial charge on any atom is -0.325 e. The first-order valence-electron chi connectivity index (χ1n) is 7.41. The molecule has 10 nitrogen and oxygen atoms in total. The van der Waals surface area contributed by atoms with Crippen molar-refractivity contribution >= 4 is 35.5 Å². The average Bonchev–Trinajstić information content (AvgIpc) is 2.98. The van der Waals surface area contributed by atoms with Gasteiger partial charge in [-0.1, -0.05) is 12.1 Å². The van der Waals surface area contributed by atoms with Gasteiger partial charge < -0.3 is 15.5 Å². The fourth-order valence-electron chi connectivity index (χ4n) is 2.64. The predicted molar refractivity (Wildman–Crippen MR) is 84.2 cm³/mol. The molecule has 7 amide bonds. The molecule has 0 bridgehead atoms. The van der Waals surface area contributed by atoms with Crippen LogP contribution in [0.1, 0.15) is 12.5 Å². The molecule has 0 radical (unpaired) electrons. The van der Waals surface area contributed by atoms with Crippen LogP contribution in [0.3, 0.4) is 0 Å². The molecule has 1 aromatic rings. The molecule has 0 saturated carbocycles. The van der Waals surface area contributed by atoms with Crippen LogP contribution in [0.25, 0.3) is 0 Å². The molecule has 0 aromatic heterocycles. The average molecular weight is 345 g/mol. The molecular formula is C15H15N5O5. The zero-order valence-electron chi connectivity index (χ0n) is 13.2. The number of nitrogens with zero attached hydrogens (tertiary/aromatic N) is 1. The van der Waals surface area contributed by atoms with Gasteiger partial charge >= 0.3 is 12.1 Å². The van der Waals surface area contributed by atoms with Crippen molar-refractivity contribution in [2.24, 2.45) is 0 Å².